The molecule has 0 aromatic heterocycles. The van der Waals surface area contributed by atoms with Gasteiger partial charge in [0.15, 0.2) is 0 Å². The van der Waals surface area contributed by atoms with E-state index in [2.05, 4.69) is 4.84 Å². The predicted octanol–water partition coefficient (Wildman–Crippen LogP) is -0.0299. The van der Waals surface area contributed by atoms with E-state index >= 15 is 0 Å². The van der Waals surface area contributed by atoms with Gasteiger partial charge in [-0.05, 0) is 6.42 Å². The minimum Gasteiger partial charge on any atom is -0.463 e. The van der Waals surface area contributed by atoms with Gasteiger partial charge in [-0.2, -0.15) is 0 Å². The number of imide groups is 1. The Kier molecular flexibility index (Phi) is 8.85. The van der Waals surface area contributed by atoms with Crippen LogP contribution in [-0.4, -0.2) is 62.4 Å². The molecule has 9 heteroatoms. The maximum atomic E-state index is 11.5. The third-order valence-corrected chi connectivity index (χ3v) is 2.88. The molecule has 0 aliphatic carbocycles. The third-order valence-electron chi connectivity index (χ3n) is 2.88. The predicted molar refractivity (Wildman–Crippen MR) is 74.7 cm³/mol. The Hall–Kier alpha value is -2.00. The zero-order valence-corrected chi connectivity index (χ0v) is 13.1. The molecule has 0 bridgehead atoms. The topological polar surface area (TPSA) is 108 Å². The SMILES string of the molecule is COCCOCCOC(=O)CCCC(=O)ON1C(=O)CCC1=O. The molecule has 2 amide bonds. The molecule has 9 nitrogen and oxygen atoms in total. The number of carbonyl (C=O) groups excluding carboxylic acids is 4. The lowest BCUT2D eigenvalue weighted by atomic mass is 10.2. The van der Waals surface area contributed by atoms with Gasteiger partial charge in [0, 0.05) is 32.8 Å². The van der Waals surface area contributed by atoms with Crippen LogP contribution in [0.15, 0.2) is 0 Å². The smallest absolute Gasteiger partial charge is 0.333 e. The van der Waals surface area contributed by atoms with Crippen molar-refractivity contribution in [2.75, 3.05) is 33.5 Å². The van der Waals surface area contributed by atoms with Gasteiger partial charge in [-0.3, -0.25) is 14.4 Å². The molecular weight excluding hydrogens is 310 g/mol. The van der Waals surface area contributed by atoms with Crippen molar-refractivity contribution in [3.05, 3.63) is 0 Å². The number of hydrogen-bond donors (Lipinski definition) is 0. The minimum absolute atomic E-state index is 0.0368. The summed E-state index contributed by atoms with van der Waals surface area (Å²) < 4.78 is 14.8. The highest BCUT2D eigenvalue weighted by Gasteiger charge is 2.32. The molecule has 0 saturated carbocycles. The van der Waals surface area contributed by atoms with E-state index in [1.807, 2.05) is 0 Å². The number of amides is 2. The molecule has 23 heavy (non-hydrogen) atoms. The lowest BCUT2D eigenvalue weighted by molar-refractivity contribution is -0.197. The quantitative estimate of drug-likeness (QED) is 0.295. The lowest BCUT2D eigenvalue weighted by Gasteiger charge is -2.12. The van der Waals surface area contributed by atoms with Crippen molar-refractivity contribution in [3.8, 4) is 0 Å². The summed E-state index contributed by atoms with van der Waals surface area (Å²) in [6, 6.07) is 0. The average molecular weight is 331 g/mol. The molecule has 1 aliphatic heterocycles. The van der Waals surface area contributed by atoms with Crippen LogP contribution in [0.1, 0.15) is 32.1 Å². The highest BCUT2D eigenvalue weighted by molar-refractivity contribution is 6.01. The van der Waals surface area contributed by atoms with Crippen molar-refractivity contribution in [2.45, 2.75) is 32.1 Å². The summed E-state index contributed by atoms with van der Waals surface area (Å²) in [5.74, 6) is -2.25. The second kappa shape index (κ2) is 10.7. The number of methoxy groups -OCH3 is 1. The van der Waals surface area contributed by atoms with Gasteiger partial charge in [0.1, 0.15) is 6.61 Å². The first-order valence-electron chi connectivity index (χ1n) is 7.33. The van der Waals surface area contributed by atoms with Crippen molar-refractivity contribution in [1.29, 1.82) is 0 Å². The summed E-state index contributed by atoms with van der Waals surface area (Å²) >= 11 is 0. The summed E-state index contributed by atoms with van der Waals surface area (Å²) in [5, 5.41) is 0.484. The molecule has 1 heterocycles. The van der Waals surface area contributed by atoms with Gasteiger partial charge in [0.25, 0.3) is 11.8 Å². The van der Waals surface area contributed by atoms with E-state index in [0.717, 1.165) is 0 Å². The standard InChI is InChI=1S/C14H21NO8/c1-20-7-8-21-9-10-22-13(18)3-2-4-14(19)23-15-11(16)5-6-12(15)17/h2-10H2,1H3. The molecule has 1 aliphatic rings. The average Bonchev–Trinajstić information content (AvgIpc) is 2.82. The van der Waals surface area contributed by atoms with Crippen LogP contribution < -0.4 is 0 Å². The number of nitrogens with zero attached hydrogens (tertiary/aromatic N) is 1. The van der Waals surface area contributed by atoms with Crippen LogP contribution in [0.3, 0.4) is 0 Å². The first-order valence-corrected chi connectivity index (χ1v) is 7.33. The number of hydrogen-bond acceptors (Lipinski definition) is 8. The van der Waals surface area contributed by atoms with Crippen molar-refractivity contribution in [1.82, 2.24) is 5.06 Å². The van der Waals surface area contributed by atoms with Crippen LogP contribution in [0, 0.1) is 0 Å². The summed E-state index contributed by atoms with van der Waals surface area (Å²) in [4.78, 5) is 50.0. The molecule has 0 unspecified atom stereocenters. The van der Waals surface area contributed by atoms with E-state index in [0.29, 0.717) is 18.3 Å². The van der Waals surface area contributed by atoms with Gasteiger partial charge in [-0.1, -0.05) is 0 Å². The van der Waals surface area contributed by atoms with Gasteiger partial charge in [0.2, 0.25) is 0 Å². The number of esters is 1. The third kappa shape index (κ3) is 7.71. The van der Waals surface area contributed by atoms with Crippen LogP contribution in [0.2, 0.25) is 0 Å². The lowest BCUT2D eigenvalue weighted by Crippen LogP contribution is -2.32. The molecule has 0 aromatic rings. The van der Waals surface area contributed by atoms with E-state index in [4.69, 9.17) is 14.2 Å². The van der Waals surface area contributed by atoms with Crippen molar-refractivity contribution >= 4 is 23.8 Å². The van der Waals surface area contributed by atoms with Crippen LogP contribution in [0.5, 0.6) is 0 Å². The Balaban J connectivity index is 2.04. The Morgan fingerprint density at radius 3 is 2.22 bits per heavy atom. The Morgan fingerprint density at radius 2 is 1.57 bits per heavy atom. The number of ether oxygens (including phenoxy) is 3. The van der Waals surface area contributed by atoms with Gasteiger partial charge < -0.3 is 19.0 Å². The van der Waals surface area contributed by atoms with E-state index in [-0.39, 0.29) is 45.3 Å². The van der Waals surface area contributed by atoms with Gasteiger partial charge in [-0.15, -0.1) is 5.06 Å². The van der Waals surface area contributed by atoms with Crippen molar-refractivity contribution in [2.24, 2.45) is 0 Å². The first-order chi connectivity index (χ1) is 11.0. The first kappa shape index (κ1) is 19.0. The molecular formula is C14H21NO8. The zero-order valence-electron chi connectivity index (χ0n) is 13.1. The normalized spacial score (nSPS) is 14.2. The minimum atomic E-state index is -0.732. The van der Waals surface area contributed by atoms with Crippen LogP contribution in [0.4, 0.5) is 0 Å². The second-order valence-electron chi connectivity index (χ2n) is 4.72. The van der Waals surface area contributed by atoms with E-state index in [1.165, 1.54) is 0 Å². The Bertz CT molecular complexity index is 420. The zero-order chi connectivity index (χ0) is 17.1. The molecule has 1 rings (SSSR count). The van der Waals surface area contributed by atoms with E-state index in [1.54, 1.807) is 7.11 Å². The molecule has 0 N–H and O–H groups in total. The van der Waals surface area contributed by atoms with Gasteiger partial charge >= 0.3 is 11.9 Å². The Labute approximate surface area is 133 Å². The molecule has 0 aromatic carbocycles. The van der Waals surface area contributed by atoms with Crippen LogP contribution in [0.25, 0.3) is 0 Å². The van der Waals surface area contributed by atoms with Crippen molar-refractivity contribution in [3.63, 3.8) is 0 Å². The second-order valence-corrected chi connectivity index (χ2v) is 4.72. The van der Waals surface area contributed by atoms with Crippen LogP contribution in [-0.2, 0) is 38.2 Å². The van der Waals surface area contributed by atoms with Gasteiger partial charge in [0.05, 0.1) is 19.8 Å². The fraction of sp³-hybridized carbons (Fsp3) is 0.714. The van der Waals surface area contributed by atoms with Crippen LogP contribution >= 0.6 is 0 Å². The maximum absolute atomic E-state index is 11.5. The fourth-order valence-electron chi connectivity index (χ4n) is 1.71. The fourth-order valence-corrected chi connectivity index (χ4v) is 1.71. The van der Waals surface area contributed by atoms with E-state index < -0.39 is 23.8 Å². The monoisotopic (exact) mass is 331 g/mol. The molecule has 1 saturated heterocycles. The number of hydroxylamine groups is 2. The summed E-state index contributed by atoms with van der Waals surface area (Å²) in [5.41, 5.74) is 0. The number of carbonyl (C=O) groups is 4. The van der Waals surface area contributed by atoms with E-state index in [9.17, 15) is 19.2 Å². The summed E-state index contributed by atoms with van der Waals surface area (Å²) in [6.45, 7) is 1.30. The molecule has 0 spiro atoms. The molecule has 130 valence electrons. The molecule has 0 radical (unpaired) electrons. The van der Waals surface area contributed by atoms with Crippen molar-refractivity contribution < 1.29 is 38.2 Å². The number of rotatable bonds is 11. The largest absolute Gasteiger partial charge is 0.463 e. The Morgan fingerprint density at radius 1 is 0.957 bits per heavy atom. The summed E-state index contributed by atoms with van der Waals surface area (Å²) in [6.07, 6.45) is 0.250. The highest BCUT2D eigenvalue weighted by Crippen LogP contribution is 2.13. The van der Waals surface area contributed by atoms with Gasteiger partial charge in [-0.25, -0.2) is 4.79 Å². The molecule has 0 atom stereocenters. The molecule has 1 fully saturated rings. The highest BCUT2D eigenvalue weighted by atomic mass is 16.7. The maximum Gasteiger partial charge on any atom is 0.333 e. The summed E-state index contributed by atoms with van der Waals surface area (Å²) in [7, 11) is 1.56.